The van der Waals surface area contributed by atoms with E-state index in [9.17, 15) is 4.79 Å². The Morgan fingerprint density at radius 1 is 0.964 bits per heavy atom. The zero-order chi connectivity index (χ0) is 19.3. The third kappa shape index (κ3) is 3.61. The largest absolute Gasteiger partial charge is 0.398 e. The molecule has 6 nitrogen and oxygen atoms in total. The second kappa shape index (κ2) is 7.75. The van der Waals surface area contributed by atoms with Gasteiger partial charge in [0, 0.05) is 5.69 Å². The van der Waals surface area contributed by atoms with Crippen molar-refractivity contribution in [2.24, 2.45) is 5.10 Å². The van der Waals surface area contributed by atoms with Crippen molar-refractivity contribution in [3.8, 4) is 0 Å². The summed E-state index contributed by atoms with van der Waals surface area (Å²) in [5.74, 6) is -0.345. The molecule has 0 aliphatic heterocycles. The highest BCUT2D eigenvalue weighted by Crippen LogP contribution is 2.14. The van der Waals surface area contributed by atoms with Gasteiger partial charge in [-0.2, -0.15) is 5.10 Å². The zero-order valence-corrected chi connectivity index (χ0v) is 15.1. The molecule has 1 aromatic heterocycles. The van der Waals surface area contributed by atoms with Gasteiger partial charge >= 0.3 is 0 Å². The molecule has 0 spiro atoms. The molecule has 0 saturated carbocycles. The standard InChI is InChI=1S/C22H19N5O/c23-18-11-5-4-10-17(18)22(28)26-25-20(16-8-2-1-3-9-16)14-27-15-24-19-12-6-7-13-21(19)27/h1-13,15H,14,23H2,(H,26,28)/b25-20+. The lowest BCUT2D eigenvalue weighted by Gasteiger charge is -2.10. The maximum Gasteiger partial charge on any atom is 0.273 e. The minimum atomic E-state index is -0.345. The van der Waals surface area contributed by atoms with Gasteiger partial charge in [-0.25, -0.2) is 10.4 Å². The summed E-state index contributed by atoms with van der Waals surface area (Å²) in [7, 11) is 0. The van der Waals surface area contributed by atoms with Crippen LogP contribution in [0.15, 0.2) is 90.3 Å². The van der Waals surface area contributed by atoms with Crippen LogP contribution in [0.4, 0.5) is 5.69 Å². The topological polar surface area (TPSA) is 85.3 Å². The molecule has 1 heterocycles. The first-order valence-electron chi connectivity index (χ1n) is 8.89. The molecule has 1 amide bonds. The van der Waals surface area contributed by atoms with E-state index in [1.54, 1.807) is 30.6 Å². The molecule has 4 rings (SSSR count). The number of hydrogen-bond donors (Lipinski definition) is 2. The molecule has 3 N–H and O–H groups in total. The molecule has 3 aromatic carbocycles. The number of amides is 1. The van der Waals surface area contributed by atoms with Crippen molar-refractivity contribution >= 4 is 28.3 Å². The molecular weight excluding hydrogens is 350 g/mol. The third-order valence-electron chi connectivity index (χ3n) is 4.45. The van der Waals surface area contributed by atoms with Crippen LogP contribution in [-0.2, 0) is 6.54 Å². The number of benzene rings is 3. The number of rotatable bonds is 5. The number of aromatic nitrogens is 2. The molecule has 0 fully saturated rings. The summed E-state index contributed by atoms with van der Waals surface area (Å²) in [6.07, 6.45) is 1.78. The lowest BCUT2D eigenvalue weighted by molar-refractivity contribution is 0.0955. The van der Waals surface area contributed by atoms with Gasteiger partial charge in [0.05, 0.1) is 35.2 Å². The summed E-state index contributed by atoms with van der Waals surface area (Å²) in [6, 6.07) is 24.6. The zero-order valence-electron chi connectivity index (χ0n) is 15.1. The number of hydrazone groups is 1. The first kappa shape index (κ1) is 17.5. The van der Waals surface area contributed by atoms with E-state index in [2.05, 4.69) is 15.5 Å². The molecule has 6 heteroatoms. The molecule has 0 aliphatic rings. The Morgan fingerprint density at radius 3 is 2.50 bits per heavy atom. The lowest BCUT2D eigenvalue weighted by Crippen LogP contribution is -2.23. The fourth-order valence-corrected chi connectivity index (χ4v) is 3.00. The average Bonchev–Trinajstić information content (AvgIpc) is 3.15. The van der Waals surface area contributed by atoms with E-state index in [4.69, 9.17) is 5.73 Å². The maximum atomic E-state index is 12.5. The molecule has 28 heavy (non-hydrogen) atoms. The Hall–Kier alpha value is -3.93. The number of anilines is 1. The second-order valence-corrected chi connectivity index (χ2v) is 6.31. The van der Waals surface area contributed by atoms with E-state index in [0.717, 1.165) is 16.6 Å². The number of carbonyl (C=O) groups excluding carboxylic acids is 1. The van der Waals surface area contributed by atoms with Crippen molar-refractivity contribution < 1.29 is 4.79 Å². The van der Waals surface area contributed by atoms with Crippen LogP contribution in [-0.4, -0.2) is 21.2 Å². The highest BCUT2D eigenvalue weighted by atomic mass is 16.2. The van der Waals surface area contributed by atoms with Gasteiger partial charge in [0.1, 0.15) is 0 Å². The fourth-order valence-electron chi connectivity index (χ4n) is 3.00. The third-order valence-corrected chi connectivity index (χ3v) is 4.45. The number of nitrogen functional groups attached to an aromatic ring is 1. The summed E-state index contributed by atoms with van der Waals surface area (Å²) < 4.78 is 2.00. The predicted molar refractivity (Wildman–Crippen MR) is 111 cm³/mol. The minimum Gasteiger partial charge on any atom is -0.398 e. The van der Waals surface area contributed by atoms with Gasteiger partial charge in [0.15, 0.2) is 0 Å². The van der Waals surface area contributed by atoms with Gasteiger partial charge in [0.25, 0.3) is 5.91 Å². The van der Waals surface area contributed by atoms with Crippen LogP contribution < -0.4 is 11.2 Å². The smallest absolute Gasteiger partial charge is 0.273 e. The van der Waals surface area contributed by atoms with Gasteiger partial charge in [-0.1, -0.05) is 54.6 Å². The quantitative estimate of drug-likeness (QED) is 0.321. The number of para-hydroxylation sites is 3. The number of fused-ring (bicyclic) bond motifs is 1. The SMILES string of the molecule is Nc1ccccc1C(=O)N/N=C(\Cn1cnc2ccccc21)c1ccccc1. The number of carbonyl (C=O) groups is 1. The first-order valence-corrected chi connectivity index (χ1v) is 8.89. The van der Waals surface area contributed by atoms with E-state index in [1.165, 1.54) is 0 Å². The number of nitrogens with two attached hydrogens (primary N) is 1. The van der Waals surface area contributed by atoms with E-state index >= 15 is 0 Å². The number of hydrogen-bond acceptors (Lipinski definition) is 4. The Bertz CT molecular complexity index is 1150. The van der Waals surface area contributed by atoms with Crippen LogP contribution >= 0.6 is 0 Å². The highest BCUT2D eigenvalue weighted by Gasteiger charge is 2.11. The first-order chi connectivity index (χ1) is 13.7. The van der Waals surface area contributed by atoms with Crippen LogP contribution in [0.25, 0.3) is 11.0 Å². The Morgan fingerprint density at radius 2 is 1.68 bits per heavy atom. The molecule has 0 atom stereocenters. The van der Waals surface area contributed by atoms with Crippen LogP contribution in [0.2, 0.25) is 0 Å². The van der Waals surface area contributed by atoms with Crippen molar-refractivity contribution in [3.63, 3.8) is 0 Å². The summed E-state index contributed by atoms with van der Waals surface area (Å²) in [5, 5.41) is 4.41. The minimum absolute atomic E-state index is 0.345. The van der Waals surface area contributed by atoms with E-state index in [-0.39, 0.29) is 5.91 Å². The second-order valence-electron chi connectivity index (χ2n) is 6.31. The van der Waals surface area contributed by atoms with Crippen molar-refractivity contribution in [3.05, 3.63) is 96.3 Å². The Kier molecular flexibility index (Phi) is 4.84. The molecule has 0 unspecified atom stereocenters. The molecule has 0 aliphatic carbocycles. The summed E-state index contributed by atoms with van der Waals surface area (Å²) in [6.45, 7) is 0.467. The molecule has 4 aromatic rings. The van der Waals surface area contributed by atoms with Gasteiger partial charge in [0.2, 0.25) is 0 Å². The monoisotopic (exact) mass is 369 g/mol. The predicted octanol–water partition coefficient (Wildman–Crippen LogP) is 3.45. The van der Waals surface area contributed by atoms with Gasteiger partial charge in [-0.15, -0.1) is 0 Å². The molecule has 0 radical (unpaired) electrons. The van der Waals surface area contributed by atoms with E-state index in [0.29, 0.717) is 23.5 Å². The van der Waals surface area contributed by atoms with Crippen LogP contribution in [0.3, 0.4) is 0 Å². The normalized spacial score (nSPS) is 11.5. The summed E-state index contributed by atoms with van der Waals surface area (Å²) >= 11 is 0. The van der Waals surface area contributed by atoms with Gasteiger partial charge < -0.3 is 10.3 Å². The van der Waals surface area contributed by atoms with Crippen LogP contribution in [0.5, 0.6) is 0 Å². The number of nitrogens with one attached hydrogen (secondary N) is 1. The average molecular weight is 369 g/mol. The summed E-state index contributed by atoms with van der Waals surface area (Å²) in [5.41, 5.74) is 12.9. The van der Waals surface area contributed by atoms with E-state index in [1.807, 2.05) is 59.2 Å². The maximum absolute atomic E-state index is 12.5. The van der Waals surface area contributed by atoms with Crippen molar-refractivity contribution in [1.82, 2.24) is 15.0 Å². The van der Waals surface area contributed by atoms with Crippen molar-refractivity contribution in [1.29, 1.82) is 0 Å². The van der Waals surface area contributed by atoms with Crippen molar-refractivity contribution in [2.45, 2.75) is 6.54 Å². The molecule has 0 bridgehead atoms. The van der Waals surface area contributed by atoms with Crippen molar-refractivity contribution in [2.75, 3.05) is 5.73 Å². The van der Waals surface area contributed by atoms with Crippen LogP contribution in [0.1, 0.15) is 15.9 Å². The highest BCUT2D eigenvalue weighted by molar-refractivity contribution is 6.03. The summed E-state index contributed by atoms with van der Waals surface area (Å²) in [4.78, 5) is 16.9. The van der Waals surface area contributed by atoms with E-state index < -0.39 is 0 Å². The Labute approximate surface area is 162 Å². The Balaban J connectivity index is 1.65. The lowest BCUT2D eigenvalue weighted by atomic mass is 10.1. The van der Waals surface area contributed by atoms with Gasteiger partial charge in [-0.3, -0.25) is 4.79 Å². The molecule has 138 valence electrons. The van der Waals surface area contributed by atoms with Gasteiger partial charge in [-0.05, 0) is 29.8 Å². The fraction of sp³-hybridized carbons (Fsp3) is 0.0455. The number of nitrogens with zero attached hydrogens (tertiary/aromatic N) is 3. The molecular formula is C22H19N5O. The molecule has 0 saturated heterocycles. The van der Waals surface area contributed by atoms with Crippen LogP contribution in [0, 0.1) is 0 Å². The number of imidazole rings is 1.